The fourth-order valence-electron chi connectivity index (χ4n) is 2.53. The number of likely N-dealkylation sites (tertiary alicyclic amines) is 1. The van der Waals surface area contributed by atoms with Crippen LogP contribution in [0.1, 0.15) is 18.4 Å². The van der Waals surface area contributed by atoms with Gasteiger partial charge in [0.2, 0.25) is 5.91 Å². The molecule has 1 aliphatic heterocycles. The fraction of sp³-hybridized carbons (Fsp3) is 0.500. The number of rotatable bonds is 4. The van der Waals surface area contributed by atoms with E-state index in [9.17, 15) is 27.2 Å². The Labute approximate surface area is 141 Å². The molecule has 2 rings (SSSR count). The second kappa shape index (κ2) is 8.17. The summed E-state index contributed by atoms with van der Waals surface area (Å²) in [6, 6.07) is 6.07. The Morgan fingerprint density at radius 2 is 1.84 bits per heavy atom. The van der Waals surface area contributed by atoms with Crippen molar-refractivity contribution in [3.63, 3.8) is 0 Å². The van der Waals surface area contributed by atoms with Gasteiger partial charge in [-0.3, -0.25) is 4.79 Å². The van der Waals surface area contributed by atoms with E-state index in [1.165, 1.54) is 6.07 Å². The van der Waals surface area contributed by atoms with Crippen molar-refractivity contribution in [2.24, 2.45) is 5.92 Å². The van der Waals surface area contributed by atoms with Crippen molar-refractivity contribution in [3.8, 4) is 0 Å². The Morgan fingerprint density at radius 3 is 2.44 bits per heavy atom. The SMILES string of the molecule is O=C(NCc1ccccc1F)C1CCN(C(=O)OCC(F)(F)F)CC1. The molecule has 0 aromatic heterocycles. The molecule has 9 heteroatoms. The number of carbonyl (C=O) groups excluding carboxylic acids is 2. The van der Waals surface area contributed by atoms with Crippen molar-refractivity contribution in [1.82, 2.24) is 10.2 Å². The molecule has 1 aliphatic rings. The van der Waals surface area contributed by atoms with Gasteiger partial charge in [-0.2, -0.15) is 13.2 Å². The van der Waals surface area contributed by atoms with E-state index in [1.807, 2.05) is 0 Å². The minimum Gasteiger partial charge on any atom is -0.440 e. The van der Waals surface area contributed by atoms with Crippen LogP contribution in [0.4, 0.5) is 22.4 Å². The van der Waals surface area contributed by atoms with E-state index in [-0.39, 0.29) is 31.5 Å². The highest BCUT2D eigenvalue weighted by molar-refractivity contribution is 5.79. The highest BCUT2D eigenvalue weighted by Crippen LogP contribution is 2.20. The maximum absolute atomic E-state index is 13.5. The van der Waals surface area contributed by atoms with Crippen LogP contribution in [0.2, 0.25) is 0 Å². The normalized spacial score (nSPS) is 15.8. The summed E-state index contributed by atoms with van der Waals surface area (Å²) in [6.07, 6.45) is -4.99. The summed E-state index contributed by atoms with van der Waals surface area (Å²) >= 11 is 0. The Bertz CT molecular complexity index is 614. The van der Waals surface area contributed by atoms with E-state index in [0.717, 1.165) is 4.90 Å². The van der Waals surface area contributed by atoms with Crippen molar-refractivity contribution < 1.29 is 31.9 Å². The van der Waals surface area contributed by atoms with Gasteiger partial charge in [0, 0.05) is 31.1 Å². The molecule has 1 aromatic carbocycles. The lowest BCUT2D eigenvalue weighted by Crippen LogP contribution is -2.43. The van der Waals surface area contributed by atoms with Crippen LogP contribution in [0.25, 0.3) is 0 Å². The highest BCUT2D eigenvalue weighted by atomic mass is 19.4. The predicted octanol–water partition coefficient (Wildman–Crippen LogP) is 2.85. The lowest BCUT2D eigenvalue weighted by molar-refractivity contribution is -0.162. The van der Waals surface area contributed by atoms with E-state index in [0.29, 0.717) is 18.4 Å². The molecule has 0 aliphatic carbocycles. The monoisotopic (exact) mass is 362 g/mol. The molecule has 1 N–H and O–H groups in total. The summed E-state index contributed by atoms with van der Waals surface area (Å²) in [4.78, 5) is 24.8. The van der Waals surface area contributed by atoms with Gasteiger partial charge < -0.3 is 15.0 Å². The van der Waals surface area contributed by atoms with Crippen molar-refractivity contribution in [2.45, 2.75) is 25.6 Å². The first-order chi connectivity index (χ1) is 11.8. The van der Waals surface area contributed by atoms with E-state index in [4.69, 9.17) is 0 Å². The Hall–Kier alpha value is -2.32. The number of carbonyl (C=O) groups is 2. The maximum Gasteiger partial charge on any atom is 0.422 e. The van der Waals surface area contributed by atoms with Crippen molar-refractivity contribution in [2.75, 3.05) is 19.7 Å². The van der Waals surface area contributed by atoms with Crippen LogP contribution in [0, 0.1) is 11.7 Å². The molecule has 2 amide bonds. The highest BCUT2D eigenvalue weighted by Gasteiger charge is 2.32. The Kier molecular flexibility index (Phi) is 6.22. The number of nitrogens with one attached hydrogen (secondary N) is 1. The van der Waals surface area contributed by atoms with Gasteiger partial charge in [0.15, 0.2) is 6.61 Å². The number of amides is 2. The molecule has 0 bridgehead atoms. The second-order valence-corrected chi connectivity index (χ2v) is 5.74. The summed E-state index contributed by atoms with van der Waals surface area (Å²) in [5.74, 6) is -1.06. The smallest absolute Gasteiger partial charge is 0.422 e. The standard InChI is InChI=1S/C16H18F4N2O3/c17-13-4-2-1-3-12(13)9-21-14(23)11-5-7-22(8-6-11)15(24)25-10-16(18,19)20/h1-4,11H,5-10H2,(H,21,23). The summed E-state index contributed by atoms with van der Waals surface area (Å²) < 4.78 is 53.8. The summed E-state index contributed by atoms with van der Waals surface area (Å²) in [5.41, 5.74) is 0.365. The van der Waals surface area contributed by atoms with Gasteiger partial charge in [-0.1, -0.05) is 18.2 Å². The Balaban J connectivity index is 1.75. The lowest BCUT2D eigenvalue weighted by Gasteiger charge is -2.30. The summed E-state index contributed by atoms with van der Waals surface area (Å²) in [6.45, 7) is -1.31. The molecular formula is C16H18F4N2O3. The third-order valence-corrected chi connectivity index (χ3v) is 3.89. The molecular weight excluding hydrogens is 344 g/mol. The molecule has 0 radical (unpaired) electrons. The molecule has 1 aromatic rings. The second-order valence-electron chi connectivity index (χ2n) is 5.74. The average Bonchev–Trinajstić information content (AvgIpc) is 2.58. The number of hydrogen-bond donors (Lipinski definition) is 1. The van der Waals surface area contributed by atoms with Crippen LogP contribution in [0.3, 0.4) is 0 Å². The zero-order valence-corrected chi connectivity index (χ0v) is 13.3. The van der Waals surface area contributed by atoms with Crippen LogP contribution in [-0.2, 0) is 16.1 Å². The molecule has 1 saturated heterocycles. The first kappa shape index (κ1) is 19.0. The minimum absolute atomic E-state index is 0.0549. The Morgan fingerprint density at radius 1 is 1.20 bits per heavy atom. The molecule has 0 spiro atoms. The number of nitrogens with zero attached hydrogens (tertiary/aromatic N) is 1. The van der Waals surface area contributed by atoms with Gasteiger partial charge in [0.25, 0.3) is 0 Å². The van der Waals surface area contributed by atoms with Gasteiger partial charge in [-0.05, 0) is 18.9 Å². The van der Waals surface area contributed by atoms with Gasteiger partial charge in [-0.25, -0.2) is 9.18 Å². The number of alkyl halides is 3. The summed E-state index contributed by atoms with van der Waals surface area (Å²) in [7, 11) is 0. The average molecular weight is 362 g/mol. The van der Waals surface area contributed by atoms with E-state index < -0.39 is 24.7 Å². The molecule has 25 heavy (non-hydrogen) atoms. The first-order valence-corrected chi connectivity index (χ1v) is 7.76. The molecule has 1 heterocycles. The molecule has 0 unspecified atom stereocenters. The predicted molar refractivity (Wildman–Crippen MR) is 79.9 cm³/mol. The zero-order chi connectivity index (χ0) is 18.4. The quantitative estimate of drug-likeness (QED) is 0.838. The molecule has 0 atom stereocenters. The van der Waals surface area contributed by atoms with E-state index in [2.05, 4.69) is 10.1 Å². The van der Waals surface area contributed by atoms with E-state index in [1.54, 1.807) is 18.2 Å². The van der Waals surface area contributed by atoms with Crippen LogP contribution in [-0.4, -0.2) is 42.8 Å². The third kappa shape index (κ3) is 5.91. The third-order valence-electron chi connectivity index (χ3n) is 3.89. The van der Waals surface area contributed by atoms with Crippen LogP contribution in [0.15, 0.2) is 24.3 Å². The fourth-order valence-corrected chi connectivity index (χ4v) is 2.53. The van der Waals surface area contributed by atoms with Crippen molar-refractivity contribution in [1.29, 1.82) is 0 Å². The number of ether oxygens (including phenoxy) is 1. The largest absolute Gasteiger partial charge is 0.440 e. The van der Waals surface area contributed by atoms with Crippen molar-refractivity contribution in [3.05, 3.63) is 35.6 Å². The number of piperidine rings is 1. The van der Waals surface area contributed by atoms with Crippen molar-refractivity contribution >= 4 is 12.0 Å². The molecule has 0 saturated carbocycles. The van der Waals surface area contributed by atoms with Gasteiger partial charge in [-0.15, -0.1) is 0 Å². The summed E-state index contributed by atoms with van der Waals surface area (Å²) in [5, 5.41) is 2.64. The number of benzene rings is 1. The van der Waals surface area contributed by atoms with Crippen LogP contribution >= 0.6 is 0 Å². The van der Waals surface area contributed by atoms with Gasteiger partial charge >= 0.3 is 12.3 Å². The lowest BCUT2D eigenvalue weighted by atomic mass is 9.96. The first-order valence-electron chi connectivity index (χ1n) is 7.76. The van der Waals surface area contributed by atoms with Gasteiger partial charge in [0.05, 0.1) is 0 Å². The molecule has 1 fully saturated rings. The zero-order valence-electron chi connectivity index (χ0n) is 13.3. The minimum atomic E-state index is -4.57. The van der Waals surface area contributed by atoms with Gasteiger partial charge in [0.1, 0.15) is 5.82 Å². The molecule has 5 nitrogen and oxygen atoms in total. The van der Waals surface area contributed by atoms with Crippen LogP contribution < -0.4 is 5.32 Å². The molecule has 138 valence electrons. The number of halogens is 4. The maximum atomic E-state index is 13.5. The van der Waals surface area contributed by atoms with Crippen LogP contribution in [0.5, 0.6) is 0 Å². The topological polar surface area (TPSA) is 58.6 Å². The number of hydrogen-bond acceptors (Lipinski definition) is 3. The van der Waals surface area contributed by atoms with E-state index >= 15 is 0 Å².